The topological polar surface area (TPSA) is 34.4 Å². The lowest BCUT2D eigenvalue weighted by Crippen LogP contribution is -2.20. The van der Waals surface area contributed by atoms with E-state index in [1.54, 1.807) is 18.3 Å². The van der Waals surface area contributed by atoms with E-state index >= 15 is 0 Å². The van der Waals surface area contributed by atoms with Gasteiger partial charge in [0, 0.05) is 6.20 Å². The molecule has 15 heavy (non-hydrogen) atoms. The number of pyridine rings is 1. The van der Waals surface area contributed by atoms with Gasteiger partial charge in [0.25, 0.3) is 5.56 Å². The van der Waals surface area contributed by atoms with Crippen LogP contribution in [-0.2, 0) is 5.88 Å². The van der Waals surface area contributed by atoms with Gasteiger partial charge >= 0.3 is 0 Å². The van der Waals surface area contributed by atoms with E-state index in [1.165, 1.54) is 4.40 Å². The smallest absolute Gasteiger partial charge is 0.268 e. The number of alkyl halides is 1. The van der Waals surface area contributed by atoms with Crippen molar-refractivity contribution in [2.45, 2.75) is 5.88 Å². The Labute approximate surface area is 109 Å². The SMILES string of the molecule is O=c1c(I)c(CCl)nc2ccc(Cl)cn12. The molecule has 0 saturated carbocycles. The van der Waals surface area contributed by atoms with Gasteiger partial charge in [-0.25, -0.2) is 4.98 Å². The summed E-state index contributed by atoms with van der Waals surface area (Å²) in [5, 5.41) is 0.501. The van der Waals surface area contributed by atoms with Crippen molar-refractivity contribution in [1.82, 2.24) is 9.38 Å². The van der Waals surface area contributed by atoms with Crippen LogP contribution in [0.1, 0.15) is 5.69 Å². The number of nitrogens with zero attached hydrogens (tertiary/aromatic N) is 2. The lowest BCUT2D eigenvalue weighted by molar-refractivity contribution is 0.991. The molecule has 0 aliphatic heterocycles. The maximum Gasteiger partial charge on any atom is 0.271 e. The molecule has 0 saturated heterocycles. The molecule has 2 heterocycles. The van der Waals surface area contributed by atoms with Crippen LogP contribution in [0.2, 0.25) is 5.02 Å². The molecule has 0 fully saturated rings. The van der Waals surface area contributed by atoms with E-state index in [0.29, 0.717) is 19.9 Å². The van der Waals surface area contributed by atoms with Crippen molar-refractivity contribution in [3.8, 4) is 0 Å². The molecule has 0 bridgehead atoms. The lowest BCUT2D eigenvalue weighted by Gasteiger charge is -2.04. The third kappa shape index (κ3) is 1.98. The summed E-state index contributed by atoms with van der Waals surface area (Å²) < 4.78 is 1.95. The fourth-order valence-electron chi connectivity index (χ4n) is 1.23. The van der Waals surface area contributed by atoms with Gasteiger partial charge in [0.15, 0.2) is 0 Å². The minimum absolute atomic E-state index is 0.140. The van der Waals surface area contributed by atoms with Crippen molar-refractivity contribution in [3.05, 3.63) is 43.0 Å². The first kappa shape index (κ1) is 11.2. The van der Waals surface area contributed by atoms with Crippen molar-refractivity contribution < 1.29 is 0 Å². The molecule has 2 aromatic heterocycles. The van der Waals surface area contributed by atoms with E-state index in [0.717, 1.165) is 0 Å². The monoisotopic (exact) mass is 354 g/mol. The molecule has 0 amide bonds. The molecular formula is C9H5Cl2IN2O. The highest BCUT2D eigenvalue weighted by atomic mass is 127. The van der Waals surface area contributed by atoms with Gasteiger partial charge in [-0.3, -0.25) is 9.20 Å². The molecule has 0 N–H and O–H groups in total. The molecule has 6 heteroatoms. The summed E-state index contributed by atoms with van der Waals surface area (Å²) in [6.45, 7) is 0. The summed E-state index contributed by atoms with van der Waals surface area (Å²) in [5.74, 6) is 0.229. The van der Waals surface area contributed by atoms with Gasteiger partial charge in [-0.15, -0.1) is 11.6 Å². The van der Waals surface area contributed by atoms with Crippen LogP contribution in [0, 0.1) is 3.57 Å². The Morgan fingerprint density at radius 3 is 2.87 bits per heavy atom. The summed E-state index contributed by atoms with van der Waals surface area (Å²) in [5.41, 5.74) is 1.02. The fourth-order valence-corrected chi connectivity index (χ4v) is 2.38. The zero-order valence-corrected chi connectivity index (χ0v) is 11.0. The van der Waals surface area contributed by atoms with Crippen molar-refractivity contribution in [2.75, 3.05) is 0 Å². The number of fused-ring (bicyclic) bond motifs is 1. The van der Waals surface area contributed by atoms with Crippen LogP contribution in [0.3, 0.4) is 0 Å². The lowest BCUT2D eigenvalue weighted by atomic mass is 10.4. The standard InChI is InChI=1S/C9H5Cl2IN2O/c10-3-6-8(12)9(15)14-4-5(11)1-2-7(14)13-6/h1-2,4H,3H2. The minimum atomic E-state index is -0.140. The summed E-state index contributed by atoms with van der Waals surface area (Å²) >= 11 is 13.4. The molecule has 0 atom stereocenters. The zero-order valence-electron chi connectivity index (χ0n) is 7.38. The number of halogens is 3. The van der Waals surface area contributed by atoms with Crippen molar-refractivity contribution in [2.24, 2.45) is 0 Å². The second-order valence-electron chi connectivity index (χ2n) is 2.89. The summed E-state index contributed by atoms with van der Waals surface area (Å²) in [6, 6.07) is 3.38. The fraction of sp³-hybridized carbons (Fsp3) is 0.111. The summed E-state index contributed by atoms with van der Waals surface area (Å²) in [6.07, 6.45) is 1.55. The second-order valence-corrected chi connectivity index (χ2v) is 4.67. The van der Waals surface area contributed by atoms with Crippen molar-refractivity contribution in [1.29, 1.82) is 0 Å². The van der Waals surface area contributed by atoms with E-state index in [-0.39, 0.29) is 11.4 Å². The van der Waals surface area contributed by atoms with Gasteiger partial charge in [0.05, 0.1) is 16.6 Å². The predicted molar refractivity (Wildman–Crippen MR) is 68.7 cm³/mol. The molecule has 2 rings (SSSR count). The normalized spacial score (nSPS) is 10.9. The van der Waals surface area contributed by atoms with Crippen molar-refractivity contribution >= 4 is 51.4 Å². The Balaban J connectivity index is 2.91. The molecule has 0 aliphatic rings. The van der Waals surface area contributed by atoms with E-state index in [1.807, 2.05) is 22.6 Å². The van der Waals surface area contributed by atoms with E-state index in [9.17, 15) is 4.79 Å². The number of rotatable bonds is 1. The quantitative estimate of drug-likeness (QED) is 0.583. The highest BCUT2D eigenvalue weighted by Gasteiger charge is 2.08. The first-order chi connectivity index (χ1) is 7.13. The summed E-state index contributed by atoms with van der Waals surface area (Å²) in [7, 11) is 0. The van der Waals surface area contributed by atoms with Gasteiger partial charge in [-0.1, -0.05) is 11.6 Å². The first-order valence-corrected chi connectivity index (χ1v) is 6.05. The molecule has 3 nitrogen and oxygen atoms in total. The Morgan fingerprint density at radius 2 is 2.20 bits per heavy atom. The van der Waals surface area contributed by atoms with Crippen molar-refractivity contribution in [3.63, 3.8) is 0 Å². The zero-order chi connectivity index (χ0) is 11.0. The van der Waals surface area contributed by atoms with Crippen LogP contribution in [0.4, 0.5) is 0 Å². The minimum Gasteiger partial charge on any atom is -0.268 e. The van der Waals surface area contributed by atoms with Gasteiger partial charge < -0.3 is 0 Å². The molecule has 78 valence electrons. The second kappa shape index (κ2) is 4.27. The average Bonchev–Trinajstić information content (AvgIpc) is 2.24. The number of hydrogen-bond acceptors (Lipinski definition) is 2. The Morgan fingerprint density at radius 1 is 1.47 bits per heavy atom. The third-order valence-corrected chi connectivity index (χ3v) is 3.49. The van der Waals surface area contributed by atoms with Crippen LogP contribution in [0.25, 0.3) is 5.65 Å². The molecule has 0 unspecified atom stereocenters. The molecule has 0 aliphatic carbocycles. The molecular weight excluding hydrogens is 350 g/mol. The van der Waals surface area contributed by atoms with Crippen LogP contribution in [0.5, 0.6) is 0 Å². The first-order valence-electron chi connectivity index (χ1n) is 4.05. The van der Waals surface area contributed by atoms with Crippen LogP contribution < -0.4 is 5.56 Å². The van der Waals surface area contributed by atoms with Gasteiger partial charge in [0.2, 0.25) is 0 Å². The van der Waals surface area contributed by atoms with E-state index < -0.39 is 0 Å². The average molecular weight is 355 g/mol. The van der Waals surface area contributed by atoms with E-state index in [4.69, 9.17) is 23.2 Å². The Kier molecular flexibility index (Phi) is 3.18. The van der Waals surface area contributed by atoms with Gasteiger partial charge in [-0.05, 0) is 34.7 Å². The van der Waals surface area contributed by atoms with Gasteiger partial charge in [-0.2, -0.15) is 0 Å². The molecule has 0 radical (unpaired) electrons. The highest BCUT2D eigenvalue weighted by molar-refractivity contribution is 14.1. The molecule has 2 aromatic rings. The molecule has 0 spiro atoms. The molecule has 0 aromatic carbocycles. The van der Waals surface area contributed by atoms with E-state index in [2.05, 4.69) is 4.98 Å². The largest absolute Gasteiger partial charge is 0.271 e. The number of hydrogen-bond donors (Lipinski definition) is 0. The Hall–Kier alpha value is -0.330. The maximum atomic E-state index is 11.9. The van der Waals surface area contributed by atoms with Crippen LogP contribution in [-0.4, -0.2) is 9.38 Å². The Bertz CT molecular complexity index is 582. The van der Waals surface area contributed by atoms with Crippen LogP contribution in [0.15, 0.2) is 23.1 Å². The van der Waals surface area contributed by atoms with Crippen LogP contribution >= 0.6 is 45.8 Å². The predicted octanol–water partition coefficient (Wildman–Crippen LogP) is 2.69. The maximum absolute atomic E-state index is 11.9. The van der Waals surface area contributed by atoms with Gasteiger partial charge in [0.1, 0.15) is 9.22 Å². The third-order valence-electron chi connectivity index (χ3n) is 1.93. The number of aromatic nitrogens is 2. The summed E-state index contributed by atoms with van der Waals surface area (Å²) in [4.78, 5) is 16.1. The highest BCUT2D eigenvalue weighted by Crippen LogP contribution is 2.12.